The molecule has 270 valence electrons. The predicted molar refractivity (Wildman–Crippen MR) is 205 cm³/mol. The molecule has 2 aliphatic rings. The summed E-state index contributed by atoms with van der Waals surface area (Å²) in [7, 11) is 1.63. The molecule has 0 fully saturated rings. The highest BCUT2D eigenvalue weighted by molar-refractivity contribution is 5.91. The second-order valence-corrected chi connectivity index (χ2v) is 13.7. The van der Waals surface area contributed by atoms with Crippen LogP contribution in [0.4, 0.5) is 5.69 Å². The monoisotopic (exact) mass is 691 g/mol. The molecular weight excluding hydrogens is 638 g/mol. The highest BCUT2D eigenvalue weighted by atomic mass is 16.5. The van der Waals surface area contributed by atoms with Crippen LogP contribution in [0.15, 0.2) is 66.7 Å². The van der Waals surface area contributed by atoms with E-state index >= 15 is 0 Å². The fraction of sp³-hybridized carbons (Fsp3) is 0.432. The summed E-state index contributed by atoms with van der Waals surface area (Å²) in [4.78, 5) is 13.2. The van der Waals surface area contributed by atoms with Crippen molar-refractivity contribution in [1.29, 1.82) is 0 Å². The van der Waals surface area contributed by atoms with E-state index in [0.717, 1.165) is 90.1 Å². The predicted octanol–water partition coefficient (Wildman–Crippen LogP) is 8.87. The number of aromatic hydroxyl groups is 1. The second kappa shape index (κ2) is 19.1. The van der Waals surface area contributed by atoms with Crippen LogP contribution in [0.1, 0.15) is 93.0 Å². The first-order chi connectivity index (χ1) is 24.8. The number of carbonyl (C=O) groups is 1. The SMILES string of the molecule is CCc1cc(O)c2c3ccc(cc13)COc1cc(ccc1OC)CCC(=O)C[C@H](CCCCCCCc1cccc(NC[C@H](C)O)c1)OC#CC2. The lowest BCUT2D eigenvalue weighted by molar-refractivity contribution is -0.121. The molecule has 0 saturated carbocycles. The highest BCUT2D eigenvalue weighted by Crippen LogP contribution is 2.34. The van der Waals surface area contributed by atoms with E-state index in [9.17, 15) is 15.0 Å². The zero-order chi connectivity index (χ0) is 36.0. The maximum absolute atomic E-state index is 13.2. The third-order valence-corrected chi connectivity index (χ3v) is 9.61. The Labute approximate surface area is 303 Å². The van der Waals surface area contributed by atoms with Crippen LogP contribution in [0.25, 0.3) is 10.8 Å². The summed E-state index contributed by atoms with van der Waals surface area (Å²) in [5.74, 6) is 4.82. The Morgan fingerprint density at radius 1 is 0.961 bits per heavy atom. The van der Waals surface area contributed by atoms with Crippen LogP contribution in [0.5, 0.6) is 17.2 Å². The first kappa shape index (κ1) is 37.6. The summed E-state index contributed by atoms with van der Waals surface area (Å²) in [5, 5.41) is 25.9. The number of aliphatic hydroxyl groups excluding tert-OH is 1. The summed E-state index contributed by atoms with van der Waals surface area (Å²) in [6.07, 6.45) is 11.9. The second-order valence-electron chi connectivity index (χ2n) is 13.7. The molecule has 4 aromatic rings. The Balaban J connectivity index is 1.23. The number of ether oxygens (including phenoxy) is 3. The Kier molecular flexibility index (Phi) is 14.1. The average molecular weight is 692 g/mol. The maximum Gasteiger partial charge on any atom is 0.161 e. The zero-order valence-electron chi connectivity index (χ0n) is 30.4. The maximum atomic E-state index is 13.2. The van der Waals surface area contributed by atoms with Gasteiger partial charge in [-0.25, -0.2) is 0 Å². The summed E-state index contributed by atoms with van der Waals surface area (Å²) in [6, 6.07) is 22.3. The number of aryl methyl sites for hydroxylation is 3. The first-order valence-electron chi connectivity index (χ1n) is 18.5. The number of unbranched alkanes of at least 4 members (excludes halogenated alkanes) is 4. The van der Waals surface area contributed by atoms with E-state index in [1.165, 1.54) is 5.56 Å². The van der Waals surface area contributed by atoms with Crippen molar-refractivity contribution in [2.75, 3.05) is 19.0 Å². The molecule has 2 aliphatic heterocycles. The molecule has 0 saturated heterocycles. The number of hydrogen-bond acceptors (Lipinski definition) is 7. The van der Waals surface area contributed by atoms with Gasteiger partial charge in [-0.2, -0.15) is 0 Å². The quantitative estimate of drug-likeness (QED) is 0.0952. The van der Waals surface area contributed by atoms with Gasteiger partial charge in [0.1, 0.15) is 30.4 Å². The molecule has 0 aliphatic carbocycles. The standard InChI is InChI=1S/C44H53NO6/c1-4-35-27-42(48)40-16-11-23-50-38(15-9-7-5-6-8-12-32-13-10-14-36(24-32)45-29-31(2)46)28-37(47)20-17-33-19-22-43(49-3)44(26-33)51-30-34-18-21-39(40)41(35)25-34/h10,13-14,18-19,21-22,24-27,31,38,45-46,48H,4-9,12,15-17,20,28-30H2,1-3H3/t31-,38-/m0/s1. The smallest absolute Gasteiger partial charge is 0.161 e. The van der Waals surface area contributed by atoms with Gasteiger partial charge in [0.25, 0.3) is 0 Å². The summed E-state index contributed by atoms with van der Waals surface area (Å²) >= 11 is 0. The minimum atomic E-state index is -0.381. The third-order valence-electron chi connectivity index (χ3n) is 9.61. The Hall–Kier alpha value is -4.67. The van der Waals surface area contributed by atoms with Crippen molar-refractivity contribution in [3.05, 3.63) is 94.5 Å². The topological polar surface area (TPSA) is 97.2 Å². The number of carbonyl (C=O) groups excluding carboxylic acids is 1. The van der Waals surface area contributed by atoms with Crippen LogP contribution in [0.3, 0.4) is 0 Å². The van der Waals surface area contributed by atoms with Crippen molar-refractivity contribution >= 4 is 22.2 Å². The number of nitrogens with one attached hydrogen (secondary N) is 1. The van der Waals surface area contributed by atoms with Gasteiger partial charge in [-0.05, 0) is 115 Å². The number of rotatable bonds is 13. The number of ketones is 1. The highest BCUT2D eigenvalue weighted by Gasteiger charge is 2.17. The number of anilines is 1. The molecule has 0 unspecified atom stereocenters. The lowest BCUT2D eigenvalue weighted by Gasteiger charge is -2.15. The molecule has 7 heteroatoms. The van der Waals surface area contributed by atoms with Gasteiger partial charge < -0.3 is 29.7 Å². The van der Waals surface area contributed by atoms with Gasteiger partial charge in [-0.1, -0.05) is 62.4 Å². The fourth-order valence-electron chi connectivity index (χ4n) is 6.73. The molecule has 7 nitrogen and oxygen atoms in total. The molecule has 2 atom stereocenters. The Bertz CT molecular complexity index is 1820. The van der Waals surface area contributed by atoms with Crippen LogP contribution in [0.2, 0.25) is 0 Å². The zero-order valence-corrected chi connectivity index (χ0v) is 30.4. The number of benzene rings is 4. The summed E-state index contributed by atoms with van der Waals surface area (Å²) in [6.45, 7) is 4.77. The van der Waals surface area contributed by atoms with Crippen molar-refractivity contribution in [2.45, 2.75) is 110 Å². The van der Waals surface area contributed by atoms with Gasteiger partial charge in [0, 0.05) is 37.1 Å². The van der Waals surface area contributed by atoms with E-state index in [1.54, 1.807) is 14.0 Å². The van der Waals surface area contributed by atoms with Gasteiger partial charge in [0.05, 0.1) is 13.2 Å². The van der Waals surface area contributed by atoms with Crippen molar-refractivity contribution in [3.8, 4) is 29.3 Å². The third kappa shape index (κ3) is 11.2. The molecule has 6 bridgehead atoms. The van der Waals surface area contributed by atoms with Crippen LogP contribution in [-0.4, -0.2) is 41.9 Å². The Morgan fingerprint density at radius 2 is 1.78 bits per heavy atom. The lowest BCUT2D eigenvalue weighted by atomic mass is 9.94. The van der Waals surface area contributed by atoms with E-state index in [4.69, 9.17) is 14.2 Å². The first-order valence-corrected chi connectivity index (χ1v) is 18.5. The van der Waals surface area contributed by atoms with E-state index in [1.807, 2.05) is 42.5 Å². The molecule has 0 amide bonds. The number of fused-ring (bicyclic) bond motifs is 9. The van der Waals surface area contributed by atoms with E-state index in [2.05, 4.69) is 48.5 Å². The lowest BCUT2D eigenvalue weighted by Crippen LogP contribution is -2.16. The number of Topliss-reactive ketones (excluding diaryl/α,β-unsaturated/α-hetero) is 1. The van der Waals surface area contributed by atoms with E-state index in [-0.39, 0.29) is 23.7 Å². The van der Waals surface area contributed by atoms with E-state index in [0.29, 0.717) is 50.3 Å². The normalized spacial score (nSPS) is 15.5. The number of hydrogen-bond donors (Lipinski definition) is 3. The minimum absolute atomic E-state index is 0.148. The average Bonchev–Trinajstić information content (AvgIpc) is 3.13. The minimum Gasteiger partial charge on any atom is -0.508 e. The van der Waals surface area contributed by atoms with Crippen molar-refractivity contribution in [2.24, 2.45) is 0 Å². The van der Waals surface area contributed by atoms with E-state index < -0.39 is 0 Å². The largest absolute Gasteiger partial charge is 0.508 e. The molecular formula is C44H53NO6. The molecule has 0 spiro atoms. The van der Waals surface area contributed by atoms with Crippen LogP contribution in [-0.2, 0) is 41.8 Å². The molecule has 3 N–H and O–H groups in total. The molecule has 0 radical (unpaired) electrons. The molecule has 0 aromatic heterocycles. The molecule has 4 aromatic carbocycles. The number of phenolic OH excluding ortho intramolecular Hbond substituents is 1. The van der Waals surface area contributed by atoms with Crippen molar-refractivity contribution in [1.82, 2.24) is 0 Å². The van der Waals surface area contributed by atoms with Crippen molar-refractivity contribution in [3.63, 3.8) is 0 Å². The number of methoxy groups -OCH3 is 1. The Morgan fingerprint density at radius 3 is 2.61 bits per heavy atom. The summed E-state index contributed by atoms with van der Waals surface area (Å²) in [5.41, 5.74) is 6.21. The van der Waals surface area contributed by atoms with Gasteiger partial charge in [-0.15, -0.1) is 0 Å². The van der Waals surface area contributed by atoms with Gasteiger partial charge in [0.2, 0.25) is 0 Å². The van der Waals surface area contributed by atoms with Crippen LogP contribution < -0.4 is 14.8 Å². The molecule has 51 heavy (non-hydrogen) atoms. The fourth-order valence-corrected chi connectivity index (χ4v) is 6.73. The summed E-state index contributed by atoms with van der Waals surface area (Å²) < 4.78 is 17.9. The van der Waals surface area contributed by atoms with Crippen LogP contribution in [0, 0.1) is 12.0 Å². The van der Waals surface area contributed by atoms with Gasteiger partial charge >= 0.3 is 0 Å². The van der Waals surface area contributed by atoms with Gasteiger partial charge in [0.15, 0.2) is 11.5 Å². The molecule has 6 rings (SSSR count). The van der Waals surface area contributed by atoms with Gasteiger partial charge in [-0.3, -0.25) is 4.79 Å². The number of phenols is 1. The van der Waals surface area contributed by atoms with Crippen LogP contribution >= 0.6 is 0 Å². The number of aliphatic hydroxyl groups is 1. The van der Waals surface area contributed by atoms with Crippen molar-refractivity contribution < 1.29 is 29.2 Å². The molecule has 2 heterocycles.